The number of pyridine rings is 5. The fourth-order valence-electron chi connectivity index (χ4n) is 13.5. The van der Waals surface area contributed by atoms with Crippen LogP contribution in [0.2, 0.25) is 0 Å². The molecule has 2 fully saturated rings. The summed E-state index contributed by atoms with van der Waals surface area (Å²) in [5.41, 5.74) is 44.3. The number of benzene rings is 1. The molecule has 1 aliphatic heterocycles. The van der Waals surface area contributed by atoms with Crippen LogP contribution in [0.4, 0.5) is 57.5 Å². The van der Waals surface area contributed by atoms with Gasteiger partial charge >= 0.3 is 0 Å². The quantitative estimate of drug-likeness (QED) is 0.0239. The van der Waals surface area contributed by atoms with Crippen molar-refractivity contribution in [2.75, 3.05) is 121 Å². The minimum Gasteiger partial charge on any atom is -0.396 e. The van der Waals surface area contributed by atoms with E-state index in [2.05, 4.69) is 146 Å². The average molecular weight is 1670 g/mol. The second kappa shape index (κ2) is 38.1. The Balaban J connectivity index is 0.000000121. The summed E-state index contributed by atoms with van der Waals surface area (Å²) in [7, 11) is 0. The number of nitrogens with zero attached hydrogens (tertiary/aromatic N) is 11. The average Bonchev–Trinajstić information content (AvgIpc) is 1.67. The lowest BCUT2D eigenvalue weighted by Gasteiger charge is -2.35. The molecular formula is C81H96N26O5S5. The first-order valence-corrected chi connectivity index (χ1v) is 42.5. The lowest BCUT2D eigenvalue weighted by Crippen LogP contribution is -2.46. The lowest BCUT2D eigenvalue weighted by molar-refractivity contribution is -0.0667. The van der Waals surface area contributed by atoms with Crippen molar-refractivity contribution in [1.29, 1.82) is 0 Å². The molecule has 1 saturated heterocycles. The first kappa shape index (κ1) is 82.1. The zero-order valence-corrected chi connectivity index (χ0v) is 69.1. The zero-order valence-electron chi connectivity index (χ0n) is 65.0. The molecule has 1 aliphatic carbocycles. The molecule has 16 aromatic rings. The van der Waals surface area contributed by atoms with Crippen LogP contribution in [0.5, 0.6) is 0 Å². The molecule has 15 aromatic heterocycles. The lowest BCUT2D eigenvalue weighted by atomic mass is 9.85. The van der Waals surface area contributed by atoms with Crippen molar-refractivity contribution in [2.24, 2.45) is 11.3 Å². The molecule has 36 heteroatoms. The number of ether oxygens (including phenoxy) is 1. The molecule has 31 nitrogen and oxygen atoms in total. The molecule has 117 heavy (non-hydrogen) atoms. The van der Waals surface area contributed by atoms with Gasteiger partial charge in [0.1, 0.15) is 29.1 Å². The summed E-state index contributed by atoms with van der Waals surface area (Å²) in [6.07, 6.45) is 14.6. The molecule has 16 heterocycles. The topological polar surface area (TPSA) is 491 Å². The van der Waals surface area contributed by atoms with Crippen LogP contribution in [0.1, 0.15) is 71.4 Å². The molecule has 0 radical (unpaired) electrons. The van der Waals surface area contributed by atoms with E-state index >= 15 is 0 Å². The largest absolute Gasteiger partial charge is 0.396 e. The summed E-state index contributed by atoms with van der Waals surface area (Å²) in [6, 6.07) is 39.3. The van der Waals surface area contributed by atoms with E-state index in [1.807, 2.05) is 105 Å². The van der Waals surface area contributed by atoms with Gasteiger partial charge in [-0.1, -0.05) is 43.7 Å². The third kappa shape index (κ3) is 20.7. The van der Waals surface area contributed by atoms with Gasteiger partial charge in [-0.05, 0) is 119 Å². The Morgan fingerprint density at radius 1 is 0.470 bits per heavy atom. The molecular weight excluding hydrogens is 1580 g/mol. The monoisotopic (exact) mass is 1670 g/mol. The van der Waals surface area contributed by atoms with Crippen LogP contribution in [-0.4, -0.2) is 185 Å². The van der Waals surface area contributed by atoms with Gasteiger partial charge < -0.3 is 80.4 Å². The van der Waals surface area contributed by atoms with Gasteiger partial charge in [0.2, 0.25) is 0 Å². The van der Waals surface area contributed by atoms with E-state index in [1.54, 1.807) is 93.7 Å². The number of H-pyrrole nitrogens is 5. The number of nitrogens with two attached hydrogens (primary N) is 5. The summed E-state index contributed by atoms with van der Waals surface area (Å²) in [5.74, 6) is 3.26. The number of nitrogen functional groups attached to an aromatic ring is 5. The summed E-state index contributed by atoms with van der Waals surface area (Å²) < 4.78 is 11.1. The van der Waals surface area contributed by atoms with E-state index < -0.39 is 5.41 Å². The fourth-order valence-corrected chi connectivity index (χ4v) is 18.8. The number of aromatic amines is 5. The number of rotatable bonds is 26. The second-order valence-electron chi connectivity index (χ2n) is 29.2. The highest BCUT2D eigenvalue weighted by Gasteiger charge is 2.26. The van der Waals surface area contributed by atoms with Gasteiger partial charge in [0.05, 0.1) is 164 Å². The fraction of sp³-hybridized carbons (Fsp3) is 0.309. The molecule has 1 saturated carbocycles. The number of thiophene rings is 5. The number of fused-ring (bicyclic) bond motifs is 5. The van der Waals surface area contributed by atoms with Crippen molar-refractivity contribution >= 4 is 165 Å². The molecule has 0 amide bonds. The maximum Gasteiger partial charge on any atom is 0.126 e. The van der Waals surface area contributed by atoms with Crippen LogP contribution in [0.25, 0.3) is 104 Å². The Morgan fingerprint density at radius 3 is 1.18 bits per heavy atom. The van der Waals surface area contributed by atoms with Gasteiger partial charge in [0.15, 0.2) is 0 Å². The van der Waals surface area contributed by atoms with Crippen molar-refractivity contribution in [1.82, 2.24) is 80.8 Å². The number of nitrogens with one attached hydrogen (secondary N) is 10. The molecule has 24 N–H and O–H groups in total. The Kier molecular flexibility index (Phi) is 26.8. The van der Waals surface area contributed by atoms with Gasteiger partial charge in [-0.2, -0.15) is 25.5 Å². The maximum atomic E-state index is 9.49. The number of aliphatic hydroxyl groups is 4. The van der Waals surface area contributed by atoms with Crippen molar-refractivity contribution in [2.45, 2.75) is 84.1 Å². The van der Waals surface area contributed by atoms with E-state index in [-0.39, 0.29) is 50.7 Å². The third-order valence-electron chi connectivity index (χ3n) is 19.8. The highest BCUT2D eigenvalue weighted by atomic mass is 32.1. The number of aromatic nitrogens is 15. The molecule has 0 bridgehead atoms. The Hall–Kier alpha value is -11.4. The number of morpholine rings is 1. The van der Waals surface area contributed by atoms with Crippen molar-refractivity contribution in [3.05, 3.63) is 158 Å². The van der Waals surface area contributed by atoms with Crippen LogP contribution in [0, 0.1) is 11.3 Å². The number of aliphatic hydroxyl groups excluding tert-OH is 4. The number of hydrogen-bond acceptors (Lipinski definition) is 31. The second-order valence-corrected chi connectivity index (χ2v) is 34.5. The summed E-state index contributed by atoms with van der Waals surface area (Å²) in [5, 5.41) is 89.5. The van der Waals surface area contributed by atoms with Crippen molar-refractivity contribution < 1.29 is 25.2 Å². The van der Waals surface area contributed by atoms with Gasteiger partial charge in [0, 0.05) is 125 Å². The minimum absolute atomic E-state index is 0.0103. The predicted molar refractivity (Wildman–Crippen MR) is 479 cm³/mol. The Bertz CT molecular complexity index is 5800. The van der Waals surface area contributed by atoms with E-state index in [0.717, 1.165) is 177 Å². The molecule has 2 aliphatic rings. The van der Waals surface area contributed by atoms with Crippen molar-refractivity contribution in [3.63, 3.8) is 0 Å². The molecule has 0 spiro atoms. The van der Waals surface area contributed by atoms with Crippen molar-refractivity contribution in [3.8, 4) is 52.9 Å². The van der Waals surface area contributed by atoms with E-state index in [1.165, 1.54) is 19.3 Å². The third-order valence-corrected chi connectivity index (χ3v) is 25.7. The first-order chi connectivity index (χ1) is 56.8. The van der Waals surface area contributed by atoms with Crippen LogP contribution >= 0.6 is 56.7 Å². The zero-order chi connectivity index (χ0) is 81.5. The van der Waals surface area contributed by atoms with Gasteiger partial charge in [-0.15, -0.1) is 56.7 Å². The van der Waals surface area contributed by atoms with Gasteiger partial charge in [-0.25, -0.2) is 24.9 Å². The molecule has 18 rings (SSSR count). The molecule has 610 valence electrons. The summed E-state index contributed by atoms with van der Waals surface area (Å²) >= 11 is 8.25. The number of hydrogen-bond donors (Lipinski definition) is 19. The highest BCUT2D eigenvalue weighted by Crippen LogP contribution is 2.43. The van der Waals surface area contributed by atoms with E-state index in [0.29, 0.717) is 48.5 Å². The normalized spacial score (nSPS) is 14.8. The maximum absolute atomic E-state index is 9.49. The molecule has 1 aromatic carbocycles. The highest BCUT2D eigenvalue weighted by molar-refractivity contribution is 7.24. The SMILES string of the molecule is CC(CO)(CO)CNc1cc(N)nc2cc(-c3ccn[nH]3)sc12.C[C@@H](CCO)Nc1cc(N)nc2cc(-c3ccn[nH]3)sc12.C[C@@H]1CN(CCNc2cc(N)nc3cc(-c4ccn[nH]4)sc23)C[C@@H](C)O1.Nc1cc(NC(CCO)c2ccccc2)c2sc(-c3ccn[nH]3)cc2n1.Nc1cc(NCC2CCC2)c2sc(-c3ccn[nH]3)cc2n1. The van der Waals surface area contributed by atoms with E-state index in [4.69, 9.17) is 38.5 Å². The smallest absolute Gasteiger partial charge is 0.126 e. The number of anilines is 10. The van der Waals surface area contributed by atoms with Gasteiger partial charge in [-0.3, -0.25) is 30.4 Å². The van der Waals surface area contributed by atoms with Crippen LogP contribution < -0.4 is 55.3 Å². The predicted octanol–water partition coefficient (Wildman–Crippen LogP) is 14.2. The van der Waals surface area contributed by atoms with Crippen LogP contribution in [0.3, 0.4) is 0 Å². The van der Waals surface area contributed by atoms with Crippen LogP contribution in [0.15, 0.2) is 152 Å². The van der Waals surface area contributed by atoms with Crippen LogP contribution in [-0.2, 0) is 4.74 Å². The Morgan fingerprint density at radius 2 is 0.829 bits per heavy atom. The standard InChI is InChI=1S/C19H19N5OS.C18H24N6OS.C15H19N5O2S.C15H17N5S.C14H17N5OS/c20-18-11-16(22-13(7-9-25)12-4-2-1-3-5-12)19-15(23-18)10-17(26-19)14-6-8-21-24-14;1-11-9-24(10-12(2)25-11)6-5-20-14-8-17(19)22-15-7-16(26-18(14)15)13-3-4-21-23-13;1-15(7-21,8-22)6-17-10-5-13(16)19-11-4-12(23-14(10)11)9-2-3-18-20-9;16-14-7-11(17-8-9-2-1-3-9)15-12(19-14)6-13(21-15)10-4-5-18-20-10;1-8(3-5-20)17-11-7-13(15)18-10-6-12(21-14(10)11)9-2-4-16-19-9/h1-6,8,10-11,13,25H,7,9H2,(H,21,24)(H3,20,22,23);3-4,7-8,11-12H,5-6,9-10H2,1-2H3,(H,21,23)(H3,19,20,22);2-5,21-22H,6-8H2,1H3,(H,18,20)(H3,16,17,19);4-7,9H,1-3,8H2,(H,18,20)(H3,16,17,19);2,4,6-8,20H,3,5H2,1H3,(H,16,19)(H3,15,17,18)/t;11-,12-;;;8-/m.1..0/s1. The Labute approximate surface area is 693 Å². The van der Waals surface area contributed by atoms with Gasteiger partial charge in [0.25, 0.3) is 0 Å². The summed E-state index contributed by atoms with van der Waals surface area (Å²) in [6.45, 7) is 13.4. The van der Waals surface area contributed by atoms with E-state index in [9.17, 15) is 15.3 Å². The molecule has 4 atom stereocenters. The summed E-state index contributed by atoms with van der Waals surface area (Å²) in [4.78, 5) is 29.9. The minimum atomic E-state index is -0.603. The first-order valence-electron chi connectivity index (χ1n) is 38.4. The molecule has 1 unspecified atom stereocenters.